The van der Waals surface area contributed by atoms with Gasteiger partial charge in [0.05, 0.1) is 5.69 Å². The molecule has 6 heteroatoms. The van der Waals surface area contributed by atoms with Gasteiger partial charge in [0.15, 0.2) is 5.96 Å². The van der Waals surface area contributed by atoms with Crippen molar-refractivity contribution in [3.05, 3.63) is 29.3 Å². The molecule has 1 aliphatic heterocycles. The van der Waals surface area contributed by atoms with Crippen LogP contribution in [0.5, 0.6) is 0 Å². The Kier molecular flexibility index (Phi) is 4.84. The molecule has 0 aromatic heterocycles. The highest BCUT2D eigenvalue weighted by molar-refractivity contribution is 6.30. The Hall–Kier alpha value is -1.75. The van der Waals surface area contributed by atoms with Gasteiger partial charge in [-0.1, -0.05) is 11.6 Å². The van der Waals surface area contributed by atoms with Crippen LogP contribution in [-0.4, -0.2) is 29.4 Å². The van der Waals surface area contributed by atoms with Crippen LogP contribution >= 0.6 is 11.6 Å². The summed E-state index contributed by atoms with van der Waals surface area (Å²) in [7, 11) is 0. The lowest BCUT2D eigenvalue weighted by molar-refractivity contribution is 0.256. The molecule has 1 aromatic carbocycles. The molecule has 1 unspecified atom stereocenters. The highest BCUT2D eigenvalue weighted by Gasteiger charge is 2.19. The monoisotopic (exact) mass is 293 g/mol. The number of aliphatic imine (C=N–C) groups is 2. The fourth-order valence-corrected chi connectivity index (χ4v) is 2.42. The number of benzene rings is 1. The van der Waals surface area contributed by atoms with Crippen molar-refractivity contribution in [2.75, 3.05) is 6.54 Å². The smallest absolute Gasteiger partial charge is 0.223 e. The third-order valence-corrected chi connectivity index (χ3v) is 3.65. The van der Waals surface area contributed by atoms with E-state index in [2.05, 4.69) is 21.8 Å². The van der Waals surface area contributed by atoms with Crippen molar-refractivity contribution in [2.45, 2.75) is 32.2 Å². The molecule has 4 N–H and O–H groups in total. The number of likely N-dealkylation sites (tertiary alicyclic amines) is 1. The first kappa shape index (κ1) is 14.7. The number of piperidine rings is 1. The molecule has 1 aliphatic rings. The fraction of sp³-hybridized carbons (Fsp3) is 0.429. The number of nitrogens with two attached hydrogens (primary N) is 2. The molecule has 1 saturated heterocycles. The minimum absolute atomic E-state index is 0.155. The molecule has 20 heavy (non-hydrogen) atoms. The molecule has 0 saturated carbocycles. The van der Waals surface area contributed by atoms with E-state index < -0.39 is 0 Å². The standard InChI is InChI=1S/C14H20ClN5/c1-10-4-2-3-9-20(10)14(17)19-13(16)18-12-7-5-11(15)6-8-12/h5-8,10H,2-4,9H2,1H3,(H4,16,17,18,19). The Balaban J connectivity index is 2.10. The Labute approximate surface area is 124 Å². The Morgan fingerprint density at radius 3 is 2.60 bits per heavy atom. The van der Waals surface area contributed by atoms with Crippen LogP contribution in [0, 0.1) is 0 Å². The fourth-order valence-electron chi connectivity index (χ4n) is 2.29. The lowest BCUT2D eigenvalue weighted by Gasteiger charge is -2.34. The van der Waals surface area contributed by atoms with Gasteiger partial charge in [0.2, 0.25) is 5.96 Å². The number of rotatable bonds is 1. The number of halogens is 1. The second-order valence-corrected chi connectivity index (χ2v) is 5.39. The van der Waals surface area contributed by atoms with Crippen molar-refractivity contribution in [3.63, 3.8) is 0 Å². The van der Waals surface area contributed by atoms with Crippen molar-refractivity contribution < 1.29 is 0 Å². The second kappa shape index (κ2) is 6.61. The topological polar surface area (TPSA) is 80.0 Å². The van der Waals surface area contributed by atoms with Crippen molar-refractivity contribution >= 4 is 29.2 Å². The summed E-state index contributed by atoms with van der Waals surface area (Å²) >= 11 is 5.82. The molecule has 1 aromatic rings. The van der Waals surface area contributed by atoms with E-state index in [0.717, 1.165) is 19.4 Å². The summed E-state index contributed by atoms with van der Waals surface area (Å²) < 4.78 is 0. The van der Waals surface area contributed by atoms with Gasteiger partial charge in [-0.2, -0.15) is 4.99 Å². The summed E-state index contributed by atoms with van der Waals surface area (Å²) in [5.74, 6) is 0.593. The van der Waals surface area contributed by atoms with Gasteiger partial charge in [0.1, 0.15) is 0 Å². The molecular weight excluding hydrogens is 274 g/mol. The first-order chi connectivity index (χ1) is 9.56. The minimum Gasteiger partial charge on any atom is -0.369 e. The molecule has 108 valence electrons. The van der Waals surface area contributed by atoms with Gasteiger partial charge in [0, 0.05) is 17.6 Å². The van der Waals surface area contributed by atoms with E-state index in [1.54, 1.807) is 24.3 Å². The molecule has 5 nitrogen and oxygen atoms in total. The first-order valence-corrected chi connectivity index (χ1v) is 7.14. The maximum atomic E-state index is 6.01. The minimum atomic E-state index is 0.155. The molecule has 0 amide bonds. The number of hydrogen-bond donors (Lipinski definition) is 2. The van der Waals surface area contributed by atoms with Crippen LogP contribution in [0.15, 0.2) is 34.3 Å². The zero-order valence-corrected chi connectivity index (χ0v) is 12.3. The molecule has 1 fully saturated rings. The summed E-state index contributed by atoms with van der Waals surface area (Å²) in [5, 5.41) is 0.660. The number of hydrogen-bond acceptors (Lipinski definition) is 1. The predicted octanol–water partition coefficient (Wildman–Crippen LogP) is 2.48. The van der Waals surface area contributed by atoms with Gasteiger partial charge in [-0.3, -0.25) is 0 Å². The van der Waals surface area contributed by atoms with Crippen molar-refractivity contribution in [2.24, 2.45) is 21.5 Å². The van der Waals surface area contributed by atoms with E-state index in [-0.39, 0.29) is 5.96 Å². The quantitative estimate of drug-likeness (QED) is 0.616. The molecule has 0 bridgehead atoms. The van der Waals surface area contributed by atoms with Crippen LogP contribution in [0.2, 0.25) is 5.02 Å². The summed E-state index contributed by atoms with van der Waals surface area (Å²) in [5.41, 5.74) is 12.5. The normalized spacial score (nSPS) is 21.1. The average molecular weight is 294 g/mol. The van der Waals surface area contributed by atoms with Gasteiger partial charge < -0.3 is 16.4 Å². The van der Waals surface area contributed by atoms with Crippen molar-refractivity contribution in [1.82, 2.24) is 4.90 Å². The molecule has 1 atom stereocenters. The summed E-state index contributed by atoms with van der Waals surface area (Å²) in [4.78, 5) is 10.5. The highest BCUT2D eigenvalue weighted by atomic mass is 35.5. The molecule has 0 spiro atoms. The highest BCUT2D eigenvalue weighted by Crippen LogP contribution is 2.17. The lowest BCUT2D eigenvalue weighted by atomic mass is 10.0. The maximum Gasteiger partial charge on any atom is 0.223 e. The van der Waals surface area contributed by atoms with Gasteiger partial charge in [-0.05, 0) is 50.5 Å². The third kappa shape index (κ3) is 3.87. The Bertz CT molecular complexity index is 509. The van der Waals surface area contributed by atoms with Gasteiger partial charge >= 0.3 is 0 Å². The van der Waals surface area contributed by atoms with Crippen LogP contribution < -0.4 is 11.5 Å². The molecular formula is C14H20ClN5. The SMILES string of the molecule is CC1CCCCN1C(N)=NC(N)=Nc1ccc(Cl)cc1. The number of nitrogens with zero attached hydrogens (tertiary/aromatic N) is 3. The zero-order chi connectivity index (χ0) is 14.5. The molecule has 0 aliphatic carbocycles. The van der Waals surface area contributed by atoms with Gasteiger partial charge in [-0.15, -0.1) is 0 Å². The Morgan fingerprint density at radius 1 is 1.25 bits per heavy atom. The third-order valence-electron chi connectivity index (χ3n) is 3.40. The predicted molar refractivity (Wildman–Crippen MR) is 84.4 cm³/mol. The van der Waals surface area contributed by atoms with E-state index >= 15 is 0 Å². The largest absolute Gasteiger partial charge is 0.369 e. The lowest BCUT2D eigenvalue weighted by Crippen LogP contribution is -2.46. The van der Waals surface area contributed by atoms with Gasteiger partial charge in [0.25, 0.3) is 0 Å². The van der Waals surface area contributed by atoms with E-state index in [1.807, 2.05) is 0 Å². The summed E-state index contributed by atoms with van der Waals surface area (Å²) in [6.45, 7) is 3.07. The van der Waals surface area contributed by atoms with Crippen LogP contribution in [-0.2, 0) is 0 Å². The molecule has 1 heterocycles. The van der Waals surface area contributed by atoms with E-state index in [0.29, 0.717) is 22.7 Å². The first-order valence-electron chi connectivity index (χ1n) is 6.77. The average Bonchev–Trinajstić information content (AvgIpc) is 2.41. The maximum absolute atomic E-state index is 6.01. The Morgan fingerprint density at radius 2 is 1.95 bits per heavy atom. The van der Waals surface area contributed by atoms with E-state index in [4.69, 9.17) is 23.1 Å². The van der Waals surface area contributed by atoms with Crippen molar-refractivity contribution in [1.29, 1.82) is 0 Å². The van der Waals surface area contributed by atoms with Crippen LogP contribution in [0.3, 0.4) is 0 Å². The van der Waals surface area contributed by atoms with E-state index in [9.17, 15) is 0 Å². The van der Waals surface area contributed by atoms with Crippen LogP contribution in [0.4, 0.5) is 5.69 Å². The second-order valence-electron chi connectivity index (χ2n) is 4.95. The molecule has 0 radical (unpaired) electrons. The summed E-state index contributed by atoms with van der Waals surface area (Å²) in [6.07, 6.45) is 3.50. The molecule has 2 rings (SSSR count). The van der Waals surface area contributed by atoms with Crippen LogP contribution in [0.1, 0.15) is 26.2 Å². The van der Waals surface area contributed by atoms with Gasteiger partial charge in [-0.25, -0.2) is 4.99 Å². The number of guanidine groups is 2. The zero-order valence-electron chi connectivity index (χ0n) is 11.6. The van der Waals surface area contributed by atoms with Crippen molar-refractivity contribution in [3.8, 4) is 0 Å². The summed E-state index contributed by atoms with van der Waals surface area (Å²) in [6, 6.07) is 7.48. The van der Waals surface area contributed by atoms with Crippen LogP contribution in [0.25, 0.3) is 0 Å². The van der Waals surface area contributed by atoms with E-state index in [1.165, 1.54) is 6.42 Å².